The van der Waals surface area contributed by atoms with E-state index in [9.17, 15) is 10.1 Å². The highest BCUT2D eigenvalue weighted by Crippen LogP contribution is 2.31. The molecule has 7 nitrogen and oxygen atoms in total. The molecule has 0 unspecified atom stereocenters. The number of nitrogens with two attached hydrogens (primary N) is 1. The molecule has 2 N–H and O–H groups in total. The van der Waals surface area contributed by atoms with E-state index >= 15 is 0 Å². The van der Waals surface area contributed by atoms with Gasteiger partial charge in [0, 0.05) is 25.6 Å². The average Bonchev–Trinajstić information content (AvgIpc) is 3.20. The largest absolute Gasteiger partial charge is 0.389 e. The van der Waals surface area contributed by atoms with Crippen LogP contribution in [-0.4, -0.2) is 45.8 Å². The van der Waals surface area contributed by atoms with Crippen LogP contribution >= 0.6 is 12.4 Å². The standard InChI is InChI=1S/C16H21N5O2.ClH/c17-10-14-11-19(12-15(14)13-4-2-1-3-5-13)8-9-20-7-6-16(18-20)21(22)23;/h1-7,14-15H,8-12,17H2;1H/t14-,15+;/m1./s1. The van der Waals surface area contributed by atoms with Crippen LogP contribution in [0.2, 0.25) is 0 Å². The maximum absolute atomic E-state index is 10.7. The molecule has 1 fully saturated rings. The van der Waals surface area contributed by atoms with Crippen LogP contribution in [0.25, 0.3) is 0 Å². The smallest absolute Gasteiger partial charge is 0.358 e. The Morgan fingerprint density at radius 3 is 2.58 bits per heavy atom. The maximum Gasteiger partial charge on any atom is 0.389 e. The van der Waals surface area contributed by atoms with Gasteiger partial charge in [0.1, 0.15) is 0 Å². The van der Waals surface area contributed by atoms with Crippen molar-refractivity contribution in [2.24, 2.45) is 11.7 Å². The zero-order chi connectivity index (χ0) is 16.2. The molecular weight excluding hydrogens is 330 g/mol. The van der Waals surface area contributed by atoms with E-state index < -0.39 is 4.92 Å². The van der Waals surface area contributed by atoms with Gasteiger partial charge in [-0.3, -0.25) is 0 Å². The molecule has 1 aliphatic rings. The van der Waals surface area contributed by atoms with E-state index in [1.807, 2.05) is 6.07 Å². The van der Waals surface area contributed by atoms with Crippen molar-refractivity contribution in [2.45, 2.75) is 12.5 Å². The van der Waals surface area contributed by atoms with Gasteiger partial charge in [0.25, 0.3) is 0 Å². The van der Waals surface area contributed by atoms with E-state index in [0.717, 1.165) is 19.6 Å². The molecule has 1 aliphatic heterocycles. The molecular formula is C16H22ClN5O2. The van der Waals surface area contributed by atoms with Gasteiger partial charge in [0.15, 0.2) is 0 Å². The molecule has 1 saturated heterocycles. The summed E-state index contributed by atoms with van der Waals surface area (Å²) in [5.41, 5.74) is 7.28. The van der Waals surface area contributed by atoms with Crippen molar-refractivity contribution in [1.29, 1.82) is 0 Å². The number of nitrogens with zero attached hydrogens (tertiary/aromatic N) is 4. The van der Waals surface area contributed by atoms with Crippen LogP contribution in [0.1, 0.15) is 11.5 Å². The number of rotatable bonds is 6. The summed E-state index contributed by atoms with van der Waals surface area (Å²) in [6.07, 6.45) is 1.66. The Bertz CT molecular complexity index is 663. The highest BCUT2D eigenvalue weighted by atomic mass is 35.5. The monoisotopic (exact) mass is 351 g/mol. The van der Waals surface area contributed by atoms with Gasteiger partial charge in [0.05, 0.1) is 23.9 Å². The van der Waals surface area contributed by atoms with Crippen LogP contribution in [0.15, 0.2) is 42.6 Å². The summed E-state index contributed by atoms with van der Waals surface area (Å²) < 4.78 is 1.63. The lowest BCUT2D eigenvalue weighted by Crippen LogP contribution is -2.26. The highest BCUT2D eigenvalue weighted by molar-refractivity contribution is 5.85. The van der Waals surface area contributed by atoms with Gasteiger partial charge in [-0.2, -0.15) is 4.68 Å². The van der Waals surface area contributed by atoms with Crippen molar-refractivity contribution in [2.75, 3.05) is 26.2 Å². The number of benzene rings is 1. The van der Waals surface area contributed by atoms with E-state index in [0.29, 0.717) is 24.9 Å². The fourth-order valence-corrected chi connectivity index (χ4v) is 3.28. The fourth-order valence-electron chi connectivity index (χ4n) is 3.28. The lowest BCUT2D eigenvalue weighted by molar-refractivity contribution is -0.389. The first-order chi connectivity index (χ1) is 11.2. The van der Waals surface area contributed by atoms with Crippen LogP contribution in [0.5, 0.6) is 0 Å². The van der Waals surface area contributed by atoms with Gasteiger partial charge in [-0.1, -0.05) is 30.3 Å². The molecule has 1 aromatic heterocycles. The molecule has 0 bridgehead atoms. The van der Waals surface area contributed by atoms with Crippen molar-refractivity contribution in [3.63, 3.8) is 0 Å². The summed E-state index contributed by atoms with van der Waals surface area (Å²) in [5, 5.41) is 14.6. The van der Waals surface area contributed by atoms with Gasteiger partial charge in [-0.25, -0.2) is 0 Å². The zero-order valence-electron chi connectivity index (χ0n) is 13.3. The highest BCUT2D eigenvalue weighted by Gasteiger charge is 2.32. The molecule has 0 saturated carbocycles. The van der Waals surface area contributed by atoms with Gasteiger partial charge in [-0.05, 0) is 22.9 Å². The van der Waals surface area contributed by atoms with Crippen LogP contribution in [-0.2, 0) is 6.54 Å². The second-order valence-corrected chi connectivity index (χ2v) is 5.97. The summed E-state index contributed by atoms with van der Waals surface area (Å²) in [4.78, 5) is 12.6. The van der Waals surface area contributed by atoms with E-state index in [2.05, 4.69) is 34.3 Å². The van der Waals surface area contributed by atoms with Crippen LogP contribution in [0, 0.1) is 16.0 Å². The molecule has 2 aromatic rings. The first-order valence-corrected chi connectivity index (χ1v) is 7.82. The van der Waals surface area contributed by atoms with Crippen LogP contribution in [0.4, 0.5) is 5.82 Å². The normalized spacial score (nSPS) is 20.7. The number of nitro groups is 1. The van der Waals surface area contributed by atoms with E-state index in [4.69, 9.17) is 5.73 Å². The Morgan fingerprint density at radius 1 is 1.21 bits per heavy atom. The molecule has 130 valence electrons. The van der Waals surface area contributed by atoms with E-state index in [1.54, 1.807) is 10.9 Å². The maximum atomic E-state index is 10.7. The molecule has 1 aromatic carbocycles. The van der Waals surface area contributed by atoms with Gasteiger partial charge in [0.2, 0.25) is 0 Å². The van der Waals surface area contributed by atoms with Crippen molar-refractivity contribution in [3.8, 4) is 0 Å². The average molecular weight is 352 g/mol. The summed E-state index contributed by atoms with van der Waals surface area (Å²) in [5.74, 6) is 0.797. The molecule has 8 heteroatoms. The molecule has 24 heavy (non-hydrogen) atoms. The minimum Gasteiger partial charge on any atom is -0.358 e. The van der Waals surface area contributed by atoms with Gasteiger partial charge >= 0.3 is 5.82 Å². The van der Waals surface area contributed by atoms with Crippen LogP contribution < -0.4 is 5.73 Å². The van der Waals surface area contributed by atoms with Crippen molar-refractivity contribution < 1.29 is 4.92 Å². The van der Waals surface area contributed by atoms with Crippen molar-refractivity contribution >= 4 is 18.2 Å². The summed E-state index contributed by atoms with van der Waals surface area (Å²) in [6.45, 7) is 4.06. The Kier molecular flexibility index (Phi) is 6.30. The molecule has 2 atom stereocenters. The lowest BCUT2D eigenvalue weighted by Gasteiger charge is -2.16. The Balaban J connectivity index is 0.00000208. The fraction of sp³-hybridized carbons (Fsp3) is 0.438. The number of aromatic nitrogens is 2. The molecule has 0 radical (unpaired) electrons. The number of likely N-dealkylation sites (tertiary alicyclic amines) is 1. The second-order valence-electron chi connectivity index (χ2n) is 5.97. The quantitative estimate of drug-likeness (QED) is 0.634. The summed E-state index contributed by atoms with van der Waals surface area (Å²) >= 11 is 0. The van der Waals surface area contributed by atoms with Crippen molar-refractivity contribution in [3.05, 3.63) is 58.3 Å². The summed E-state index contributed by atoms with van der Waals surface area (Å²) in [7, 11) is 0. The summed E-state index contributed by atoms with van der Waals surface area (Å²) in [6, 6.07) is 11.9. The third-order valence-corrected chi connectivity index (χ3v) is 4.51. The first-order valence-electron chi connectivity index (χ1n) is 7.82. The SMILES string of the molecule is Cl.NC[C@@H]1CN(CCn2ccc([N+](=O)[O-])n2)C[C@H]1c1ccccc1. The third-order valence-electron chi connectivity index (χ3n) is 4.51. The molecule has 0 spiro atoms. The van der Waals surface area contributed by atoms with Gasteiger partial charge < -0.3 is 20.7 Å². The molecule has 3 rings (SSSR count). The van der Waals surface area contributed by atoms with Crippen molar-refractivity contribution in [1.82, 2.24) is 14.7 Å². The topological polar surface area (TPSA) is 90.2 Å². The number of halogens is 1. The number of hydrogen-bond donors (Lipinski definition) is 1. The minimum atomic E-state index is -0.470. The molecule has 2 heterocycles. The van der Waals surface area contributed by atoms with Gasteiger partial charge in [-0.15, -0.1) is 12.4 Å². The zero-order valence-corrected chi connectivity index (χ0v) is 14.1. The first kappa shape index (κ1) is 18.4. The third kappa shape index (κ3) is 4.11. The van der Waals surface area contributed by atoms with Crippen LogP contribution in [0.3, 0.4) is 0 Å². The predicted molar refractivity (Wildman–Crippen MR) is 94.3 cm³/mol. The Hall–Kier alpha value is -1.96. The second kappa shape index (κ2) is 8.23. The van der Waals surface area contributed by atoms with E-state index in [1.165, 1.54) is 11.6 Å². The predicted octanol–water partition coefficient (Wildman–Crippen LogP) is 1.89. The number of hydrogen-bond acceptors (Lipinski definition) is 5. The Morgan fingerprint density at radius 2 is 1.96 bits per heavy atom. The minimum absolute atomic E-state index is 0. The molecule has 0 amide bonds. The molecule has 0 aliphatic carbocycles. The lowest BCUT2D eigenvalue weighted by atomic mass is 9.89. The Labute approximate surface area is 147 Å². The van der Waals surface area contributed by atoms with E-state index in [-0.39, 0.29) is 18.2 Å².